The van der Waals surface area contributed by atoms with Crippen molar-refractivity contribution in [2.75, 3.05) is 0 Å². The van der Waals surface area contributed by atoms with Crippen LogP contribution in [0.25, 0.3) is 0 Å². The monoisotopic (exact) mass is 435 g/mol. The number of allylic oxidation sites excluding steroid dienone is 3. The number of hydrogen-bond donors (Lipinski definition) is 3. The third-order valence-corrected chi connectivity index (χ3v) is 7.55. The Hall–Kier alpha value is -1.79. The van der Waals surface area contributed by atoms with Crippen molar-refractivity contribution in [3.8, 4) is 11.5 Å². The maximum atomic E-state index is 13.2. The predicted molar refractivity (Wildman–Crippen MR) is 122 cm³/mol. The quantitative estimate of drug-likeness (QED) is 0.351. The molecule has 0 amide bonds. The average molecular weight is 436 g/mol. The smallest absolute Gasteiger partial charge is 0.244 e. The topological polar surface area (TPSA) is 86.6 Å². The molecule has 0 saturated heterocycles. The Morgan fingerprint density at radius 2 is 1.97 bits per heavy atom. The van der Waals surface area contributed by atoms with E-state index < -0.39 is 10.0 Å². The number of rotatable bonds is 9. The maximum Gasteiger partial charge on any atom is 0.244 e. The molecule has 0 spiro atoms. The Balaban J connectivity index is 2.72. The number of phenols is 2. The molecule has 1 aliphatic rings. The van der Waals surface area contributed by atoms with E-state index in [-0.39, 0.29) is 39.8 Å². The van der Waals surface area contributed by atoms with Crippen molar-refractivity contribution < 1.29 is 18.6 Å². The Labute approximate surface area is 182 Å². The van der Waals surface area contributed by atoms with Crippen molar-refractivity contribution >= 4 is 10.0 Å². The summed E-state index contributed by atoms with van der Waals surface area (Å²) < 4.78 is 28.9. The van der Waals surface area contributed by atoms with Crippen LogP contribution in [0, 0.1) is 5.92 Å². The second-order valence-electron chi connectivity index (χ2n) is 8.91. The van der Waals surface area contributed by atoms with Crippen LogP contribution in [0.15, 0.2) is 34.8 Å². The summed E-state index contributed by atoms with van der Waals surface area (Å²) >= 11 is 0. The van der Waals surface area contributed by atoms with E-state index in [4.69, 9.17) is 0 Å². The molecule has 5 nitrogen and oxygen atoms in total. The highest BCUT2D eigenvalue weighted by Crippen LogP contribution is 2.49. The Morgan fingerprint density at radius 3 is 2.53 bits per heavy atom. The van der Waals surface area contributed by atoms with Crippen LogP contribution >= 0.6 is 0 Å². The average Bonchev–Trinajstić information content (AvgIpc) is 2.60. The van der Waals surface area contributed by atoms with E-state index >= 15 is 0 Å². The molecule has 0 aliphatic heterocycles. The van der Waals surface area contributed by atoms with Crippen molar-refractivity contribution in [3.63, 3.8) is 0 Å². The van der Waals surface area contributed by atoms with Gasteiger partial charge in [0.05, 0.1) is 0 Å². The van der Waals surface area contributed by atoms with Gasteiger partial charge < -0.3 is 10.2 Å². The molecule has 2 atom stereocenters. The zero-order valence-corrected chi connectivity index (χ0v) is 19.8. The summed E-state index contributed by atoms with van der Waals surface area (Å²) in [7, 11) is -3.94. The van der Waals surface area contributed by atoms with E-state index in [0.717, 1.165) is 43.3 Å². The summed E-state index contributed by atoms with van der Waals surface area (Å²) in [6, 6.07) is 1.22. The first kappa shape index (κ1) is 24.5. The molecule has 0 heterocycles. The minimum atomic E-state index is -3.94. The Morgan fingerprint density at radius 1 is 1.30 bits per heavy atom. The van der Waals surface area contributed by atoms with Gasteiger partial charge in [0, 0.05) is 17.5 Å². The van der Waals surface area contributed by atoms with E-state index in [9.17, 15) is 18.6 Å². The summed E-state index contributed by atoms with van der Waals surface area (Å²) in [5.41, 5.74) is 2.86. The second kappa shape index (κ2) is 10.0. The van der Waals surface area contributed by atoms with E-state index in [1.165, 1.54) is 6.07 Å². The zero-order valence-electron chi connectivity index (χ0n) is 19.0. The molecule has 0 bridgehead atoms. The predicted octanol–water partition coefficient (Wildman–Crippen LogP) is 5.53. The van der Waals surface area contributed by atoms with Gasteiger partial charge in [-0.25, -0.2) is 13.1 Å². The lowest BCUT2D eigenvalue weighted by molar-refractivity contribution is 0.397. The molecule has 0 aromatic heterocycles. The largest absolute Gasteiger partial charge is 0.507 e. The van der Waals surface area contributed by atoms with Crippen LogP contribution in [-0.4, -0.2) is 24.7 Å². The molecule has 6 heteroatoms. The van der Waals surface area contributed by atoms with Crippen LogP contribution in [0.3, 0.4) is 0 Å². The molecule has 1 aromatic rings. The van der Waals surface area contributed by atoms with Crippen molar-refractivity contribution in [1.82, 2.24) is 4.72 Å². The number of unbranched alkanes of at least 4 members (excludes halogenated alkanes) is 2. The number of sulfonamides is 1. The summed E-state index contributed by atoms with van der Waals surface area (Å²) in [4.78, 5) is -0.0998. The molecule has 3 N–H and O–H groups in total. The second-order valence-corrected chi connectivity index (χ2v) is 10.6. The third-order valence-electron chi connectivity index (χ3n) is 5.77. The first-order valence-electron chi connectivity index (χ1n) is 10.9. The molecule has 2 rings (SSSR count). The van der Waals surface area contributed by atoms with Crippen molar-refractivity contribution in [2.24, 2.45) is 5.92 Å². The number of hydrogen-bond acceptors (Lipinski definition) is 4. The van der Waals surface area contributed by atoms with Crippen LogP contribution in [0.4, 0.5) is 0 Å². The number of nitrogens with one attached hydrogen (secondary N) is 1. The summed E-state index contributed by atoms with van der Waals surface area (Å²) in [6.45, 7) is 13.6. The van der Waals surface area contributed by atoms with E-state index in [1.807, 2.05) is 19.9 Å². The molecular weight excluding hydrogens is 398 g/mol. The minimum absolute atomic E-state index is 0.0325. The number of phenolic OH excluding ortho intramolecular Hbond substituents is 2. The lowest BCUT2D eigenvalue weighted by atomic mass is 9.73. The van der Waals surface area contributed by atoms with Gasteiger partial charge in [-0.1, -0.05) is 43.6 Å². The van der Waals surface area contributed by atoms with Crippen LogP contribution in [0.5, 0.6) is 11.5 Å². The molecule has 0 radical (unpaired) electrons. The van der Waals surface area contributed by atoms with Gasteiger partial charge in [0.2, 0.25) is 10.0 Å². The third kappa shape index (κ3) is 5.46. The fraction of sp³-hybridized carbons (Fsp3) is 0.583. The fourth-order valence-electron chi connectivity index (χ4n) is 4.36. The number of aromatic hydroxyl groups is 2. The number of aryl methyl sites for hydroxylation is 1. The lowest BCUT2D eigenvalue weighted by Crippen LogP contribution is -2.31. The van der Waals surface area contributed by atoms with Crippen LogP contribution in [-0.2, 0) is 16.4 Å². The number of benzene rings is 1. The van der Waals surface area contributed by atoms with Gasteiger partial charge in [-0.05, 0) is 70.9 Å². The SMILES string of the molecule is C=C(C)[C@@H]1CCC(C)=C[C@H]1c1c(O)cc(CCCCC)c(S(=O)(=O)NC(C)C)c1O. The van der Waals surface area contributed by atoms with E-state index in [1.54, 1.807) is 13.8 Å². The standard InChI is InChI=1S/C24H37NO4S/c1-7-8-9-10-18-14-21(26)22(20-13-17(6)11-12-19(20)15(2)3)23(27)24(18)30(28,29)25-16(4)5/h13-14,16,19-20,25-27H,2,7-12H2,1,3-6H3/t19-,20+/m0/s1. The molecule has 0 fully saturated rings. The zero-order chi connectivity index (χ0) is 22.6. The first-order chi connectivity index (χ1) is 14.0. The van der Waals surface area contributed by atoms with Gasteiger partial charge in [-0.3, -0.25) is 0 Å². The van der Waals surface area contributed by atoms with Gasteiger partial charge in [-0.2, -0.15) is 0 Å². The highest BCUT2D eigenvalue weighted by Gasteiger charge is 2.34. The van der Waals surface area contributed by atoms with E-state index in [2.05, 4.69) is 18.2 Å². The first-order valence-corrected chi connectivity index (χ1v) is 12.4. The van der Waals surface area contributed by atoms with Crippen LogP contribution < -0.4 is 4.72 Å². The lowest BCUT2D eigenvalue weighted by Gasteiger charge is -2.32. The molecular formula is C24H37NO4S. The summed E-state index contributed by atoms with van der Waals surface area (Å²) in [5, 5.41) is 22.2. The molecule has 30 heavy (non-hydrogen) atoms. The van der Waals surface area contributed by atoms with Gasteiger partial charge in [0.15, 0.2) is 0 Å². The van der Waals surface area contributed by atoms with Crippen molar-refractivity contribution in [2.45, 2.75) is 90.0 Å². The van der Waals surface area contributed by atoms with Gasteiger partial charge in [0.25, 0.3) is 0 Å². The summed E-state index contributed by atoms with van der Waals surface area (Å²) in [5.74, 6) is -0.666. The van der Waals surface area contributed by atoms with Crippen LogP contribution in [0.2, 0.25) is 0 Å². The Kier molecular flexibility index (Phi) is 8.17. The normalized spacial score (nSPS) is 19.7. The minimum Gasteiger partial charge on any atom is -0.507 e. The highest BCUT2D eigenvalue weighted by atomic mass is 32.2. The molecule has 168 valence electrons. The van der Waals surface area contributed by atoms with Crippen LogP contribution in [0.1, 0.15) is 83.8 Å². The maximum absolute atomic E-state index is 13.2. The highest BCUT2D eigenvalue weighted by molar-refractivity contribution is 7.89. The molecule has 0 unspecified atom stereocenters. The van der Waals surface area contributed by atoms with Crippen molar-refractivity contribution in [3.05, 3.63) is 41.0 Å². The molecule has 1 aliphatic carbocycles. The van der Waals surface area contributed by atoms with E-state index in [0.29, 0.717) is 12.0 Å². The Bertz CT molecular complexity index is 916. The molecule has 1 aromatic carbocycles. The van der Waals surface area contributed by atoms with Gasteiger partial charge >= 0.3 is 0 Å². The van der Waals surface area contributed by atoms with Gasteiger partial charge in [0.1, 0.15) is 16.4 Å². The summed E-state index contributed by atoms with van der Waals surface area (Å²) in [6.07, 6.45) is 7.01. The fourth-order valence-corrected chi connectivity index (χ4v) is 5.97. The van der Waals surface area contributed by atoms with Crippen molar-refractivity contribution in [1.29, 1.82) is 0 Å². The van der Waals surface area contributed by atoms with Gasteiger partial charge in [-0.15, -0.1) is 0 Å². The molecule has 0 saturated carbocycles.